The second kappa shape index (κ2) is 11.0. The highest BCUT2D eigenvalue weighted by Crippen LogP contribution is 2.39. The van der Waals surface area contributed by atoms with Gasteiger partial charge in [0.05, 0.1) is 5.41 Å². The highest BCUT2D eigenvalue weighted by atomic mass is 35.5. The summed E-state index contributed by atoms with van der Waals surface area (Å²) in [4.78, 5) is 8.64. The molecule has 2 heterocycles. The van der Waals surface area contributed by atoms with E-state index >= 15 is 0 Å². The summed E-state index contributed by atoms with van der Waals surface area (Å²) < 4.78 is 54.5. The van der Waals surface area contributed by atoms with Crippen LogP contribution in [0.2, 0.25) is 5.15 Å². The van der Waals surface area contributed by atoms with Crippen molar-refractivity contribution in [2.75, 3.05) is 13.6 Å². The summed E-state index contributed by atoms with van der Waals surface area (Å²) in [6.07, 6.45) is -1.02. The molecule has 0 radical (unpaired) electrons. The van der Waals surface area contributed by atoms with E-state index in [0.717, 1.165) is 0 Å². The van der Waals surface area contributed by atoms with Gasteiger partial charge in [-0.2, -0.15) is 4.98 Å². The van der Waals surface area contributed by atoms with Gasteiger partial charge in [-0.15, -0.1) is 0 Å². The van der Waals surface area contributed by atoms with E-state index in [2.05, 4.69) is 20.4 Å². The molecule has 0 fully saturated rings. The molecule has 1 N–H and O–H groups in total. The van der Waals surface area contributed by atoms with E-state index in [-0.39, 0.29) is 52.4 Å². The lowest BCUT2D eigenvalue weighted by Crippen LogP contribution is -2.28. The summed E-state index contributed by atoms with van der Waals surface area (Å²) in [7, 11) is 1.70. The minimum atomic E-state index is -1.16. The molecule has 190 valence electrons. The first kappa shape index (κ1) is 26.9. The van der Waals surface area contributed by atoms with Crippen molar-refractivity contribution in [3.63, 3.8) is 0 Å². The maximum absolute atomic E-state index is 14.5. The van der Waals surface area contributed by atoms with Crippen LogP contribution in [-0.2, 0) is 5.41 Å². The quantitative estimate of drug-likeness (QED) is 0.335. The van der Waals surface area contributed by atoms with Crippen LogP contribution in [0.5, 0.6) is 5.88 Å². The van der Waals surface area contributed by atoms with E-state index in [4.69, 9.17) is 20.9 Å². The fourth-order valence-corrected chi connectivity index (χ4v) is 4.28. The van der Waals surface area contributed by atoms with Crippen molar-refractivity contribution in [3.05, 3.63) is 57.9 Å². The number of nitrogens with one attached hydrogen (secondary N) is 1. The molecule has 0 aliphatic carbocycles. The topological polar surface area (TPSA) is 73.1 Å². The number of aromatic nitrogens is 3. The highest BCUT2D eigenvalue weighted by molar-refractivity contribution is 6.29. The molecule has 0 unspecified atom stereocenters. The number of nitrogens with zero attached hydrogens (tertiary/aromatic N) is 3. The molecule has 3 rings (SSSR count). The lowest BCUT2D eigenvalue weighted by Gasteiger charge is -2.24. The zero-order valence-electron chi connectivity index (χ0n) is 20.6. The Balaban J connectivity index is 1.89. The third kappa shape index (κ3) is 5.95. The molecular weight excluding hydrogens is 481 g/mol. The Labute approximate surface area is 208 Å². The summed E-state index contributed by atoms with van der Waals surface area (Å²) in [5.74, 6) is -0.851. The Morgan fingerprint density at radius 1 is 1.17 bits per heavy atom. The maximum atomic E-state index is 14.5. The minimum absolute atomic E-state index is 0.0904. The Morgan fingerprint density at radius 3 is 2.46 bits per heavy atom. The molecule has 3 atom stereocenters. The van der Waals surface area contributed by atoms with Gasteiger partial charge in [0.25, 0.3) is 0 Å². The standard InChI is InChI=1S/C25H30ClF3N4O2/c1-13(10-16(27)12-30-6)15(3)34-20-11-19(26)31-24(32-20)22-14(2)23(35-33-22)25(4,5)21-17(28)8-7-9-18(21)29/h7-9,11,13,15-16,30H,10,12H2,1-6H3/t13-,15-,16+/m0/s1. The summed E-state index contributed by atoms with van der Waals surface area (Å²) >= 11 is 6.22. The number of ether oxygens (including phenoxy) is 1. The highest BCUT2D eigenvalue weighted by Gasteiger charge is 2.36. The molecule has 2 aromatic heterocycles. The molecule has 0 bridgehead atoms. The van der Waals surface area contributed by atoms with Crippen LogP contribution in [-0.4, -0.2) is 41.0 Å². The third-order valence-corrected chi connectivity index (χ3v) is 6.32. The van der Waals surface area contributed by atoms with E-state index in [9.17, 15) is 13.2 Å². The molecule has 6 nitrogen and oxygen atoms in total. The molecular formula is C25H30ClF3N4O2. The Morgan fingerprint density at radius 2 is 1.83 bits per heavy atom. The molecule has 35 heavy (non-hydrogen) atoms. The predicted molar refractivity (Wildman–Crippen MR) is 128 cm³/mol. The van der Waals surface area contributed by atoms with Crippen LogP contribution in [0.1, 0.15) is 51.0 Å². The molecule has 0 saturated heterocycles. The van der Waals surface area contributed by atoms with Crippen molar-refractivity contribution in [1.82, 2.24) is 20.4 Å². The van der Waals surface area contributed by atoms with Gasteiger partial charge in [0, 0.05) is 23.7 Å². The zero-order chi connectivity index (χ0) is 25.9. The van der Waals surface area contributed by atoms with Gasteiger partial charge in [-0.3, -0.25) is 0 Å². The molecule has 0 amide bonds. The summed E-state index contributed by atoms with van der Waals surface area (Å²) in [6, 6.07) is 5.16. The smallest absolute Gasteiger partial charge is 0.218 e. The molecule has 0 spiro atoms. The van der Waals surface area contributed by atoms with Gasteiger partial charge >= 0.3 is 0 Å². The fourth-order valence-electron chi connectivity index (χ4n) is 4.11. The van der Waals surface area contributed by atoms with Gasteiger partial charge in [0.2, 0.25) is 5.88 Å². The van der Waals surface area contributed by atoms with Crippen molar-refractivity contribution in [1.29, 1.82) is 0 Å². The molecule has 0 aliphatic rings. The molecule has 0 aliphatic heterocycles. The predicted octanol–water partition coefficient (Wildman–Crippen LogP) is 6.05. The van der Waals surface area contributed by atoms with Crippen LogP contribution < -0.4 is 10.1 Å². The largest absolute Gasteiger partial charge is 0.474 e. The average Bonchev–Trinajstić information content (AvgIpc) is 3.15. The maximum Gasteiger partial charge on any atom is 0.218 e. The van der Waals surface area contributed by atoms with E-state index < -0.39 is 23.2 Å². The minimum Gasteiger partial charge on any atom is -0.474 e. The van der Waals surface area contributed by atoms with Crippen molar-refractivity contribution in [2.24, 2.45) is 5.92 Å². The zero-order valence-corrected chi connectivity index (χ0v) is 21.4. The number of hydrogen-bond donors (Lipinski definition) is 1. The summed E-state index contributed by atoms with van der Waals surface area (Å²) in [6.45, 7) is 9.00. The Kier molecular flexibility index (Phi) is 8.43. The van der Waals surface area contributed by atoms with E-state index in [1.165, 1.54) is 24.3 Å². The Bertz CT molecular complexity index is 1150. The van der Waals surface area contributed by atoms with E-state index in [1.807, 2.05) is 13.8 Å². The van der Waals surface area contributed by atoms with Crippen LogP contribution in [0.15, 0.2) is 28.8 Å². The summed E-state index contributed by atoms with van der Waals surface area (Å²) in [5, 5.41) is 7.01. The number of alkyl halides is 1. The summed E-state index contributed by atoms with van der Waals surface area (Å²) in [5.41, 5.74) is -0.507. The normalized spacial score (nSPS) is 14.6. The van der Waals surface area contributed by atoms with Gasteiger partial charge in [-0.1, -0.05) is 29.7 Å². The van der Waals surface area contributed by atoms with Crippen LogP contribution >= 0.6 is 11.6 Å². The van der Waals surface area contributed by atoms with Gasteiger partial charge in [-0.25, -0.2) is 18.2 Å². The van der Waals surface area contributed by atoms with Crippen LogP contribution in [0, 0.1) is 24.5 Å². The van der Waals surface area contributed by atoms with Gasteiger partial charge < -0.3 is 14.6 Å². The van der Waals surface area contributed by atoms with Gasteiger partial charge in [-0.05, 0) is 59.2 Å². The Hall–Kier alpha value is -2.65. The lowest BCUT2D eigenvalue weighted by molar-refractivity contribution is 0.126. The third-order valence-electron chi connectivity index (χ3n) is 6.12. The van der Waals surface area contributed by atoms with Crippen LogP contribution in [0.25, 0.3) is 11.5 Å². The monoisotopic (exact) mass is 510 g/mol. The lowest BCUT2D eigenvalue weighted by atomic mass is 9.79. The fraction of sp³-hybridized carbons (Fsp3) is 0.480. The van der Waals surface area contributed by atoms with E-state index in [1.54, 1.807) is 27.8 Å². The molecule has 0 saturated carbocycles. The first-order valence-corrected chi connectivity index (χ1v) is 11.7. The van der Waals surface area contributed by atoms with Crippen LogP contribution in [0.4, 0.5) is 13.2 Å². The number of hydrogen-bond acceptors (Lipinski definition) is 6. The van der Waals surface area contributed by atoms with Crippen LogP contribution in [0.3, 0.4) is 0 Å². The second-order valence-electron chi connectivity index (χ2n) is 9.25. The van der Waals surface area contributed by atoms with Crippen molar-refractivity contribution in [3.8, 4) is 17.4 Å². The van der Waals surface area contributed by atoms with Crippen molar-refractivity contribution in [2.45, 2.75) is 58.7 Å². The van der Waals surface area contributed by atoms with E-state index in [0.29, 0.717) is 12.0 Å². The number of benzene rings is 1. The first-order valence-electron chi connectivity index (χ1n) is 11.4. The molecule has 3 aromatic rings. The SMILES string of the molecule is CNC[C@H](F)C[C@H](C)[C@H](C)Oc1cc(Cl)nc(-c2noc(C(C)(C)c3c(F)cccc3F)c2C)n1. The average molecular weight is 511 g/mol. The van der Waals surface area contributed by atoms with Gasteiger partial charge in [0.15, 0.2) is 17.3 Å². The molecule has 1 aromatic carbocycles. The number of rotatable bonds is 10. The molecule has 10 heteroatoms. The van der Waals surface area contributed by atoms with Crippen molar-refractivity contribution >= 4 is 11.6 Å². The number of halogens is 4. The second-order valence-corrected chi connectivity index (χ2v) is 9.64. The first-order chi connectivity index (χ1) is 16.4. The van der Waals surface area contributed by atoms with Crippen molar-refractivity contribution < 1.29 is 22.4 Å². The van der Waals surface area contributed by atoms with Gasteiger partial charge in [0.1, 0.15) is 29.1 Å².